The first-order valence-electron chi connectivity index (χ1n) is 6.17. The van der Waals surface area contributed by atoms with Crippen LogP contribution in [0.2, 0.25) is 0 Å². The van der Waals surface area contributed by atoms with Crippen molar-refractivity contribution in [2.24, 2.45) is 5.41 Å². The van der Waals surface area contributed by atoms with Crippen LogP contribution in [-0.2, 0) is 9.53 Å². The molecule has 88 valence electrons. The summed E-state index contributed by atoms with van der Waals surface area (Å²) < 4.78 is 4.89. The van der Waals surface area contributed by atoms with E-state index >= 15 is 0 Å². The summed E-state index contributed by atoms with van der Waals surface area (Å²) in [6.07, 6.45) is 11.2. The number of carbonyl (C=O) groups excluding carboxylic acids is 1. The van der Waals surface area contributed by atoms with Crippen LogP contribution in [0.5, 0.6) is 0 Å². The summed E-state index contributed by atoms with van der Waals surface area (Å²) in [5.41, 5.74) is 2.26. The Bertz CT molecular complexity index is 352. The maximum Gasteiger partial charge on any atom is 0.337 e. The lowest BCUT2D eigenvalue weighted by molar-refractivity contribution is -0.136. The van der Waals surface area contributed by atoms with Gasteiger partial charge in [0, 0.05) is 0 Å². The Morgan fingerprint density at radius 1 is 1.25 bits per heavy atom. The number of methoxy groups -OCH3 is 1. The standard InChI is InChI=1S/C14H20O2/c1-14-9-5-3-7-11(13(15)16-2)12(14)8-4-6-10-14/h7-8H,3-6,9-10H2,1-2H3. The molecular weight excluding hydrogens is 200 g/mol. The second kappa shape index (κ2) is 4.44. The quantitative estimate of drug-likeness (QED) is 0.633. The van der Waals surface area contributed by atoms with E-state index in [0.29, 0.717) is 0 Å². The molecule has 2 heteroatoms. The van der Waals surface area contributed by atoms with E-state index in [4.69, 9.17) is 4.74 Å². The van der Waals surface area contributed by atoms with Crippen molar-refractivity contribution in [3.63, 3.8) is 0 Å². The number of ether oxygens (including phenoxy) is 1. The van der Waals surface area contributed by atoms with Crippen LogP contribution in [0.3, 0.4) is 0 Å². The van der Waals surface area contributed by atoms with Gasteiger partial charge >= 0.3 is 5.97 Å². The molecule has 2 nitrogen and oxygen atoms in total. The molecule has 0 aliphatic heterocycles. The van der Waals surface area contributed by atoms with Gasteiger partial charge in [-0.05, 0) is 49.5 Å². The van der Waals surface area contributed by atoms with Gasteiger partial charge in [-0.25, -0.2) is 4.79 Å². The Balaban J connectivity index is 2.39. The fourth-order valence-electron chi connectivity index (χ4n) is 2.97. The van der Waals surface area contributed by atoms with Crippen molar-refractivity contribution in [3.8, 4) is 0 Å². The molecule has 0 amide bonds. The van der Waals surface area contributed by atoms with Gasteiger partial charge in [0.05, 0.1) is 12.7 Å². The Kier molecular flexibility index (Phi) is 3.17. The average molecular weight is 220 g/mol. The van der Waals surface area contributed by atoms with Crippen LogP contribution in [0, 0.1) is 5.41 Å². The molecule has 0 fully saturated rings. The molecule has 1 atom stereocenters. The highest BCUT2D eigenvalue weighted by molar-refractivity contribution is 5.93. The van der Waals surface area contributed by atoms with E-state index in [1.807, 2.05) is 0 Å². The lowest BCUT2D eigenvalue weighted by Crippen LogP contribution is -2.25. The van der Waals surface area contributed by atoms with Crippen molar-refractivity contribution in [2.75, 3.05) is 7.11 Å². The summed E-state index contributed by atoms with van der Waals surface area (Å²) in [5.74, 6) is -0.165. The number of carbonyl (C=O) groups is 1. The van der Waals surface area contributed by atoms with Crippen molar-refractivity contribution in [3.05, 3.63) is 23.3 Å². The third kappa shape index (κ3) is 1.93. The van der Waals surface area contributed by atoms with Gasteiger partial charge in [0.2, 0.25) is 0 Å². The maximum absolute atomic E-state index is 11.8. The van der Waals surface area contributed by atoms with E-state index < -0.39 is 0 Å². The lowest BCUT2D eigenvalue weighted by Gasteiger charge is -2.35. The first-order chi connectivity index (χ1) is 7.67. The molecule has 2 aliphatic carbocycles. The van der Waals surface area contributed by atoms with E-state index in [1.54, 1.807) is 0 Å². The highest BCUT2D eigenvalue weighted by atomic mass is 16.5. The van der Waals surface area contributed by atoms with Crippen molar-refractivity contribution < 1.29 is 9.53 Å². The summed E-state index contributed by atoms with van der Waals surface area (Å²) >= 11 is 0. The van der Waals surface area contributed by atoms with Gasteiger partial charge in [-0.2, -0.15) is 0 Å². The van der Waals surface area contributed by atoms with E-state index in [9.17, 15) is 4.79 Å². The fourth-order valence-corrected chi connectivity index (χ4v) is 2.97. The van der Waals surface area contributed by atoms with Gasteiger partial charge in [-0.15, -0.1) is 0 Å². The van der Waals surface area contributed by atoms with Gasteiger partial charge in [0.25, 0.3) is 0 Å². The highest BCUT2D eigenvalue weighted by Gasteiger charge is 2.35. The van der Waals surface area contributed by atoms with Crippen LogP contribution in [0.25, 0.3) is 0 Å². The average Bonchev–Trinajstić information content (AvgIpc) is 2.46. The largest absolute Gasteiger partial charge is 0.465 e. The van der Waals surface area contributed by atoms with Crippen LogP contribution in [-0.4, -0.2) is 13.1 Å². The zero-order valence-corrected chi connectivity index (χ0v) is 10.2. The Labute approximate surface area is 97.4 Å². The predicted molar refractivity (Wildman–Crippen MR) is 64.0 cm³/mol. The summed E-state index contributed by atoms with van der Waals surface area (Å²) in [4.78, 5) is 11.8. The predicted octanol–water partition coefficient (Wildman–Crippen LogP) is 3.39. The molecule has 0 radical (unpaired) electrons. The SMILES string of the molecule is COC(=O)C1=CCCCC2(C)CCCC=C12. The zero-order valence-electron chi connectivity index (χ0n) is 10.2. The third-order valence-corrected chi connectivity index (χ3v) is 3.91. The molecule has 1 unspecified atom stereocenters. The van der Waals surface area contributed by atoms with Crippen LogP contribution < -0.4 is 0 Å². The van der Waals surface area contributed by atoms with Crippen molar-refractivity contribution in [2.45, 2.75) is 45.4 Å². The maximum atomic E-state index is 11.8. The molecule has 0 aromatic carbocycles. The third-order valence-electron chi connectivity index (χ3n) is 3.91. The van der Waals surface area contributed by atoms with Crippen molar-refractivity contribution in [1.82, 2.24) is 0 Å². The number of fused-ring (bicyclic) bond motifs is 1. The molecule has 2 aliphatic rings. The first kappa shape index (κ1) is 11.4. The van der Waals surface area contributed by atoms with Crippen molar-refractivity contribution >= 4 is 5.97 Å². The molecule has 2 rings (SSSR count). The Hall–Kier alpha value is -1.05. The topological polar surface area (TPSA) is 26.3 Å². The summed E-state index contributed by atoms with van der Waals surface area (Å²) in [6.45, 7) is 2.29. The monoisotopic (exact) mass is 220 g/mol. The Morgan fingerprint density at radius 2 is 1.88 bits per heavy atom. The second-order valence-corrected chi connectivity index (χ2v) is 5.07. The van der Waals surface area contributed by atoms with Crippen molar-refractivity contribution in [1.29, 1.82) is 0 Å². The zero-order chi connectivity index (χ0) is 11.6. The molecule has 0 aromatic rings. The molecule has 0 spiro atoms. The van der Waals surface area contributed by atoms with Crippen LogP contribution in [0.4, 0.5) is 0 Å². The van der Waals surface area contributed by atoms with E-state index in [1.165, 1.54) is 38.4 Å². The number of allylic oxidation sites excluding steroid dienone is 2. The highest BCUT2D eigenvalue weighted by Crippen LogP contribution is 2.46. The lowest BCUT2D eigenvalue weighted by atomic mass is 9.69. The van der Waals surface area contributed by atoms with Gasteiger partial charge in [-0.3, -0.25) is 0 Å². The van der Waals surface area contributed by atoms with Crippen LogP contribution in [0.15, 0.2) is 23.3 Å². The molecule has 0 heterocycles. The first-order valence-corrected chi connectivity index (χ1v) is 6.17. The fraction of sp³-hybridized carbons (Fsp3) is 0.643. The molecule has 0 saturated carbocycles. The van der Waals surface area contributed by atoms with Gasteiger partial charge in [0.15, 0.2) is 0 Å². The van der Waals surface area contributed by atoms with E-state index in [-0.39, 0.29) is 11.4 Å². The van der Waals surface area contributed by atoms with Crippen LogP contribution in [0.1, 0.15) is 45.4 Å². The smallest absolute Gasteiger partial charge is 0.337 e. The normalized spacial score (nSPS) is 29.6. The number of hydrogen-bond acceptors (Lipinski definition) is 2. The Morgan fingerprint density at radius 3 is 2.50 bits per heavy atom. The summed E-state index contributed by atoms with van der Waals surface area (Å²) in [7, 11) is 1.47. The van der Waals surface area contributed by atoms with Gasteiger partial charge in [-0.1, -0.05) is 19.1 Å². The molecule has 0 N–H and O–H groups in total. The minimum absolute atomic E-state index is 0.165. The van der Waals surface area contributed by atoms with Gasteiger partial charge in [0.1, 0.15) is 0 Å². The summed E-state index contributed by atoms with van der Waals surface area (Å²) in [6, 6.07) is 0. The second-order valence-electron chi connectivity index (χ2n) is 5.07. The molecule has 0 aromatic heterocycles. The molecule has 0 saturated heterocycles. The minimum atomic E-state index is -0.165. The minimum Gasteiger partial charge on any atom is -0.465 e. The van der Waals surface area contributed by atoms with Crippen LogP contribution >= 0.6 is 0 Å². The molecule has 0 bridgehead atoms. The number of hydrogen-bond donors (Lipinski definition) is 0. The van der Waals surface area contributed by atoms with E-state index in [0.717, 1.165) is 18.4 Å². The molecular formula is C14H20O2. The van der Waals surface area contributed by atoms with E-state index in [2.05, 4.69) is 19.1 Å². The number of esters is 1. The molecule has 16 heavy (non-hydrogen) atoms. The summed E-state index contributed by atoms with van der Waals surface area (Å²) in [5, 5.41) is 0. The van der Waals surface area contributed by atoms with Gasteiger partial charge < -0.3 is 4.74 Å². The number of rotatable bonds is 1.